The lowest BCUT2D eigenvalue weighted by atomic mass is 10.2. The highest BCUT2D eigenvalue weighted by molar-refractivity contribution is 5.89. The van der Waals surface area contributed by atoms with E-state index in [0.717, 1.165) is 6.26 Å². The van der Waals surface area contributed by atoms with Gasteiger partial charge in [-0.1, -0.05) is 24.8 Å². The van der Waals surface area contributed by atoms with E-state index in [9.17, 15) is 4.79 Å². The highest BCUT2D eigenvalue weighted by Crippen LogP contribution is 2.00. The second kappa shape index (κ2) is 5.09. The van der Waals surface area contributed by atoms with Gasteiger partial charge in [0, 0.05) is 0 Å². The molecule has 3 nitrogen and oxygen atoms in total. The SMILES string of the molecule is C=COC(=O)c1ccccc1.N. The number of benzene rings is 1. The van der Waals surface area contributed by atoms with E-state index in [0.29, 0.717) is 5.56 Å². The number of hydrogen-bond acceptors (Lipinski definition) is 3. The molecular formula is C9H11NO2. The Morgan fingerprint density at radius 3 is 2.42 bits per heavy atom. The molecular weight excluding hydrogens is 154 g/mol. The third kappa shape index (κ3) is 2.56. The fourth-order valence-electron chi connectivity index (χ4n) is 0.718. The van der Waals surface area contributed by atoms with Crippen LogP contribution in [0.15, 0.2) is 43.2 Å². The first-order valence-electron chi connectivity index (χ1n) is 3.21. The molecule has 12 heavy (non-hydrogen) atoms. The second-order valence-corrected chi connectivity index (χ2v) is 1.94. The monoisotopic (exact) mass is 165 g/mol. The van der Waals surface area contributed by atoms with Crippen LogP contribution < -0.4 is 6.15 Å². The normalized spacial score (nSPS) is 8.00. The zero-order chi connectivity index (χ0) is 8.10. The molecule has 0 aliphatic carbocycles. The summed E-state index contributed by atoms with van der Waals surface area (Å²) in [7, 11) is 0. The summed E-state index contributed by atoms with van der Waals surface area (Å²) in [6.45, 7) is 3.28. The van der Waals surface area contributed by atoms with Crippen molar-refractivity contribution in [2.75, 3.05) is 0 Å². The largest absolute Gasteiger partial charge is 0.432 e. The molecule has 64 valence electrons. The van der Waals surface area contributed by atoms with Gasteiger partial charge in [-0.15, -0.1) is 0 Å². The number of ether oxygens (including phenoxy) is 1. The summed E-state index contributed by atoms with van der Waals surface area (Å²) in [5, 5.41) is 0. The molecule has 0 unspecified atom stereocenters. The minimum atomic E-state index is -0.374. The van der Waals surface area contributed by atoms with E-state index in [1.807, 2.05) is 6.07 Å². The van der Waals surface area contributed by atoms with Crippen molar-refractivity contribution in [2.24, 2.45) is 0 Å². The second-order valence-electron chi connectivity index (χ2n) is 1.94. The van der Waals surface area contributed by atoms with Crippen LogP contribution >= 0.6 is 0 Å². The lowest BCUT2D eigenvalue weighted by Crippen LogP contribution is -1.98. The van der Waals surface area contributed by atoms with Gasteiger partial charge in [-0.2, -0.15) is 0 Å². The van der Waals surface area contributed by atoms with Gasteiger partial charge >= 0.3 is 5.97 Å². The predicted molar refractivity (Wildman–Crippen MR) is 47.1 cm³/mol. The standard InChI is InChI=1S/C9H8O2.H3N/c1-2-11-9(10)8-6-4-3-5-7-8;/h2-7H,1H2;1H3. The number of rotatable bonds is 2. The lowest BCUT2D eigenvalue weighted by Gasteiger charge is -1.96. The quantitative estimate of drug-likeness (QED) is 0.539. The van der Waals surface area contributed by atoms with Gasteiger partial charge in [0.15, 0.2) is 0 Å². The zero-order valence-electron chi connectivity index (χ0n) is 6.69. The maximum atomic E-state index is 11.0. The van der Waals surface area contributed by atoms with Crippen LogP contribution in [0.1, 0.15) is 10.4 Å². The van der Waals surface area contributed by atoms with Crippen molar-refractivity contribution in [2.45, 2.75) is 0 Å². The zero-order valence-corrected chi connectivity index (χ0v) is 6.69. The number of carbonyl (C=O) groups excluding carboxylic acids is 1. The van der Waals surface area contributed by atoms with Crippen molar-refractivity contribution in [1.29, 1.82) is 0 Å². The third-order valence-electron chi connectivity index (χ3n) is 1.20. The van der Waals surface area contributed by atoms with Crippen LogP contribution in [-0.2, 0) is 4.74 Å². The van der Waals surface area contributed by atoms with Gasteiger partial charge in [0.1, 0.15) is 0 Å². The summed E-state index contributed by atoms with van der Waals surface area (Å²) in [5.74, 6) is -0.374. The molecule has 0 fully saturated rings. The molecule has 1 rings (SSSR count). The van der Waals surface area contributed by atoms with Crippen LogP contribution in [0.3, 0.4) is 0 Å². The first-order chi connectivity index (χ1) is 5.34. The maximum Gasteiger partial charge on any atom is 0.342 e. The molecule has 0 amide bonds. The number of hydrogen-bond donors (Lipinski definition) is 1. The minimum absolute atomic E-state index is 0. The van der Waals surface area contributed by atoms with E-state index in [-0.39, 0.29) is 12.1 Å². The molecule has 0 saturated heterocycles. The van der Waals surface area contributed by atoms with Crippen LogP contribution in [0.2, 0.25) is 0 Å². The predicted octanol–water partition coefficient (Wildman–Crippen LogP) is 2.15. The summed E-state index contributed by atoms with van der Waals surface area (Å²) in [6, 6.07) is 8.77. The average Bonchev–Trinajstić information content (AvgIpc) is 2.07. The Morgan fingerprint density at radius 1 is 1.33 bits per heavy atom. The fraction of sp³-hybridized carbons (Fsp3) is 0. The van der Waals surface area contributed by atoms with Crippen molar-refractivity contribution >= 4 is 5.97 Å². The number of carbonyl (C=O) groups is 1. The van der Waals surface area contributed by atoms with Crippen LogP contribution in [-0.4, -0.2) is 5.97 Å². The molecule has 1 aromatic carbocycles. The topological polar surface area (TPSA) is 61.3 Å². The van der Waals surface area contributed by atoms with Crippen molar-refractivity contribution in [1.82, 2.24) is 6.15 Å². The molecule has 3 heteroatoms. The Labute approximate surface area is 71.2 Å². The van der Waals surface area contributed by atoms with Gasteiger partial charge in [0.2, 0.25) is 0 Å². The van der Waals surface area contributed by atoms with Crippen molar-refractivity contribution in [3.05, 3.63) is 48.7 Å². The Kier molecular flexibility index (Phi) is 4.41. The van der Waals surface area contributed by atoms with Gasteiger partial charge < -0.3 is 10.9 Å². The highest BCUT2D eigenvalue weighted by Gasteiger charge is 2.01. The molecule has 0 radical (unpaired) electrons. The Bertz CT molecular complexity index is 256. The van der Waals surface area contributed by atoms with E-state index < -0.39 is 0 Å². The van der Waals surface area contributed by atoms with Crippen molar-refractivity contribution < 1.29 is 9.53 Å². The molecule has 0 spiro atoms. The van der Waals surface area contributed by atoms with Gasteiger partial charge in [0.25, 0.3) is 0 Å². The first kappa shape index (κ1) is 10.4. The van der Waals surface area contributed by atoms with E-state index in [2.05, 4.69) is 11.3 Å². The van der Waals surface area contributed by atoms with Crippen LogP contribution in [0.25, 0.3) is 0 Å². The van der Waals surface area contributed by atoms with Crippen molar-refractivity contribution in [3.63, 3.8) is 0 Å². The van der Waals surface area contributed by atoms with Gasteiger partial charge in [0.05, 0.1) is 11.8 Å². The Balaban J connectivity index is 0.00000121. The Hall–Kier alpha value is -1.61. The summed E-state index contributed by atoms with van der Waals surface area (Å²) < 4.78 is 4.55. The molecule has 0 bridgehead atoms. The van der Waals surface area contributed by atoms with Gasteiger partial charge in [-0.05, 0) is 12.1 Å². The average molecular weight is 165 g/mol. The van der Waals surface area contributed by atoms with E-state index >= 15 is 0 Å². The summed E-state index contributed by atoms with van der Waals surface area (Å²) >= 11 is 0. The summed E-state index contributed by atoms with van der Waals surface area (Å²) in [5.41, 5.74) is 0.535. The molecule has 0 aromatic heterocycles. The van der Waals surface area contributed by atoms with E-state index in [4.69, 9.17) is 0 Å². The summed E-state index contributed by atoms with van der Waals surface area (Å²) in [6.07, 6.45) is 1.12. The van der Waals surface area contributed by atoms with E-state index in [1.165, 1.54) is 0 Å². The molecule has 3 N–H and O–H groups in total. The third-order valence-corrected chi connectivity index (χ3v) is 1.20. The van der Waals surface area contributed by atoms with Gasteiger partial charge in [-0.3, -0.25) is 0 Å². The lowest BCUT2D eigenvalue weighted by molar-refractivity contribution is 0.0664. The highest BCUT2D eigenvalue weighted by atomic mass is 16.5. The molecule has 0 aliphatic heterocycles. The maximum absolute atomic E-state index is 11.0. The molecule has 0 saturated carbocycles. The Morgan fingerprint density at radius 2 is 1.92 bits per heavy atom. The minimum Gasteiger partial charge on any atom is -0.432 e. The molecule has 0 atom stereocenters. The molecule has 0 aliphatic rings. The van der Waals surface area contributed by atoms with Gasteiger partial charge in [-0.25, -0.2) is 4.79 Å². The molecule has 1 aromatic rings. The fourth-order valence-corrected chi connectivity index (χ4v) is 0.718. The van der Waals surface area contributed by atoms with Crippen LogP contribution in [0.4, 0.5) is 0 Å². The van der Waals surface area contributed by atoms with Crippen molar-refractivity contribution in [3.8, 4) is 0 Å². The smallest absolute Gasteiger partial charge is 0.342 e. The molecule has 0 heterocycles. The van der Waals surface area contributed by atoms with E-state index in [1.54, 1.807) is 24.3 Å². The number of esters is 1. The van der Waals surface area contributed by atoms with Crippen LogP contribution in [0.5, 0.6) is 0 Å². The first-order valence-corrected chi connectivity index (χ1v) is 3.21. The summed E-state index contributed by atoms with van der Waals surface area (Å²) in [4.78, 5) is 11.0. The van der Waals surface area contributed by atoms with Crippen LogP contribution in [0, 0.1) is 0 Å².